The van der Waals surface area contributed by atoms with Crippen molar-refractivity contribution in [2.24, 2.45) is 0 Å². The quantitative estimate of drug-likeness (QED) is 0.781. The molecular formula is C14H23ClN4. The molecule has 0 saturated heterocycles. The summed E-state index contributed by atoms with van der Waals surface area (Å²) in [6, 6.07) is 1.27. The van der Waals surface area contributed by atoms with Crippen molar-refractivity contribution in [1.29, 1.82) is 0 Å². The molecule has 0 spiro atoms. The molecule has 0 radical (unpaired) electrons. The first-order valence-corrected chi connectivity index (χ1v) is 7.46. The first-order valence-electron chi connectivity index (χ1n) is 7.08. The highest BCUT2D eigenvalue weighted by molar-refractivity contribution is 6.30. The molecule has 0 bridgehead atoms. The van der Waals surface area contributed by atoms with Gasteiger partial charge in [-0.15, -0.1) is 0 Å². The summed E-state index contributed by atoms with van der Waals surface area (Å²) in [5.74, 6) is 0.887. The second-order valence-corrected chi connectivity index (χ2v) is 5.73. The van der Waals surface area contributed by atoms with E-state index >= 15 is 0 Å². The number of rotatable bonds is 7. The van der Waals surface area contributed by atoms with Gasteiger partial charge in [0.2, 0.25) is 0 Å². The number of halogens is 1. The highest BCUT2D eigenvalue weighted by atomic mass is 35.5. The molecule has 1 aliphatic rings. The SMILES string of the molecule is CCCc1c(Cl)ncnc1NCC(C)N(C)C1CC1. The maximum absolute atomic E-state index is 6.14. The molecule has 106 valence electrons. The van der Waals surface area contributed by atoms with Gasteiger partial charge in [-0.2, -0.15) is 0 Å². The van der Waals surface area contributed by atoms with Crippen LogP contribution in [0.3, 0.4) is 0 Å². The molecule has 0 aromatic carbocycles. The van der Waals surface area contributed by atoms with Crippen molar-refractivity contribution in [3.05, 3.63) is 17.0 Å². The monoisotopic (exact) mass is 282 g/mol. The molecule has 2 rings (SSSR count). The van der Waals surface area contributed by atoms with Gasteiger partial charge in [0.15, 0.2) is 0 Å². The Kier molecular flexibility index (Phi) is 4.99. The van der Waals surface area contributed by atoms with Crippen molar-refractivity contribution >= 4 is 17.4 Å². The summed E-state index contributed by atoms with van der Waals surface area (Å²) in [4.78, 5) is 10.8. The fourth-order valence-electron chi connectivity index (χ4n) is 2.24. The van der Waals surface area contributed by atoms with E-state index in [1.807, 2.05) is 0 Å². The Hall–Kier alpha value is -0.870. The van der Waals surface area contributed by atoms with Crippen LogP contribution in [-0.4, -0.2) is 40.5 Å². The number of nitrogens with one attached hydrogen (secondary N) is 1. The molecule has 1 heterocycles. The van der Waals surface area contributed by atoms with Crippen molar-refractivity contribution in [2.45, 2.75) is 51.6 Å². The maximum Gasteiger partial charge on any atom is 0.137 e. The van der Waals surface area contributed by atoms with Crippen LogP contribution in [0.15, 0.2) is 6.33 Å². The van der Waals surface area contributed by atoms with E-state index in [1.54, 1.807) is 0 Å². The van der Waals surface area contributed by atoms with Crippen LogP contribution in [0.2, 0.25) is 5.15 Å². The summed E-state index contributed by atoms with van der Waals surface area (Å²) >= 11 is 6.14. The van der Waals surface area contributed by atoms with Crippen LogP contribution in [0.5, 0.6) is 0 Å². The molecule has 1 aromatic heterocycles. The highest BCUT2D eigenvalue weighted by Crippen LogP contribution is 2.27. The Morgan fingerprint density at radius 3 is 2.84 bits per heavy atom. The predicted octanol–water partition coefficient (Wildman–Crippen LogP) is 2.98. The zero-order valence-electron chi connectivity index (χ0n) is 12.0. The third kappa shape index (κ3) is 3.80. The maximum atomic E-state index is 6.14. The molecule has 0 amide bonds. The summed E-state index contributed by atoms with van der Waals surface area (Å²) in [6.45, 7) is 5.27. The van der Waals surface area contributed by atoms with Gasteiger partial charge in [0.1, 0.15) is 17.3 Å². The molecule has 1 unspecified atom stereocenters. The Balaban J connectivity index is 1.96. The molecule has 1 aliphatic carbocycles. The topological polar surface area (TPSA) is 41.1 Å². The smallest absolute Gasteiger partial charge is 0.137 e. The van der Waals surface area contributed by atoms with E-state index in [0.29, 0.717) is 11.2 Å². The summed E-state index contributed by atoms with van der Waals surface area (Å²) in [7, 11) is 2.20. The van der Waals surface area contributed by atoms with Gasteiger partial charge in [0.25, 0.3) is 0 Å². The van der Waals surface area contributed by atoms with Gasteiger partial charge in [-0.1, -0.05) is 24.9 Å². The minimum Gasteiger partial charge on any atom is -0.368 e. The van der Waals surface area contributed by atoms with Crippen molar-refractivity contribution in [3.63, 3.8) is 0 Å². The molecule has 0 aliphatic heterocycles. The summed E-state index contributed by atoms with van der Waals surface area (Å²) in [5.41, 5.74) is 1.04. The third-order valence-corrected chi connectivity index (χ3v) is 4.10. The first kappa shape index (κ1) is 14.5. The van der Waals surface area contributed by atoms with Crippen molar-refractivity contribution in [1.82, 2.24) is 14.9 Å². The minimum absolute atomic E-state index is 0.496. The largest absolute Gasteiger partial charge is 0.368 e. The molecule has 1 atom stereocenters. The number of hydrogen-bond donors (Lipinski definition) is 1. The van der Waals surface area contributed by atoms with Gasteiger partial charge in [-0.3, -0.25) is 4.90 Å². The second-order valence-electron chi connectivity index (χ2n) is 5.37. The molecule has 1 saturated carbocycles. The van der Waals surface area contributed by atoms with E-state index in [9.17, 15) is 0 Å². The molecular weight excluding hydrogens is 260 g/mol. The molecule has 1 fully saturated rings. The van der Waals surface area contributed by atoms with E-state index < -0.39 is 0 Å². The Bertz CT molecular complexity index is 420. The lowest BCUT2D eigenvalue weighted by Gasteiger charge is -2.25. The van der Waals surface area contributed by atoms with Crippen molar-refractivity contribution in [3.8, 4) is 0 Å². The molecule has 5 heteroatoms. The minimum atomic E-state index is 0.496. The fourth-order valence-corrected chi connectivity index (χ4v) is 2.47. The van der Waals surface area contributed by atoms with E-state index in [2.05, 4.69) is 41.1 Å². The normalized spacial score (nSPS) is 16.7. The van der Waals surface area contributed by atoms with Gasteiger partial charge in [0, 0.05) is 24.2 Å². The van der Waals surface area contributed by atoms with Crippen molar-refractivity contribution < 1.29 is 0 Å². The van der Waals surface area contributed by atoms with Crippen LogP contribution in [0.25, 0.3) is 0 Å². The Morgan fingerprint density at radius 2 is 2.21 bits per heavy atom. The lowest BCUT2D eigenvalue weighted by atomic mass is 10.2. The number of anilines is 1. The van der Waals surface area contributed by atoms with Crippen LogP contribution in [0.1, 0.15) is 38.7 Å². The van der Waals surface area contributed by atoms with Crippen molar-refractivity contribution in [2.75, 3.05) is 18.9 Å². The number of aromatic nitrogens is 2. The number of nitrogens with zero attached hydrogens (tertiary/aromatic N) is 3. The number of hydrogen-bond acceptors (Lipinski definition) is 4. The van der Waals surface area contributed by atoms with Crippen LogP contribution >= 0.6 is 11.6 Å². The Morgan fingerprint density at radius 1 is 1.47 bits per heavy atom. The lowest BCUT2D eigenvalue weighted by Crippen LogP contribution is -2.36. The molecule has 19 heavy (non-hydrogen) atoms. The van der Waals surface area contributed by atoms with Crippen LogP contribution in [0, 0.1) is 0 Å². The van der Waals surface area contributed by atoms with Gasteiger partial charge >= 0.3 is 0 Å². The van der Waals surface area contributed by atoms with E-state index in [1.165, 1.54) is 19.2 Å². The van der Waals surface area contributed by atoms with Gasteiger partial charge < -0.3 is 5.32 Å². The molecule has 4 nitrogen and oxygen atoms in total. The third-order valence-electron chi connectivity index (χ3n) is 3.78. The zero-order valence-corrected chi connectivity index (χ0v) is 12.7. The fraction of sp³-hybridized carbons (Fsp3) is 0.714. The number of likely N-dealkylation sites (N-methyl/N-ethyl adjacent to an activating group) is 1. The standard InChI is InChI=1S/C14H23ClN4/c1-4-5-12-13(15)17-9-18-14(12)16-8-10(2)19(3)11-6-7-11/h9-11H,4-8H2,1-3H3,(H,16,17,18). The average molecular weight is 283 g/mol. The van der Waals surface area contributed by atoms with Crippen LogP contribution < -0.4 is 5.32 Å². The average Bonchev–Trinajstić information content (AvgIpc) is 3.22. The first-order chi connectivity index (χ1) is 9.13. The lowest BCUT2D eigenvalue weighted by molar-refractivity contribution is 0.257. The molecule has 1 N–H and O–H groups in total. The van der Waals surface area contributed by atoms with E-state index in [-0.39, 0.29) is 0 Å². The summed E-state index contributed by atoms with van der Waals surface area (Å²) in [5, 5.41) is 4.00. The van der Waals surface area contributed by atoms with E-state index in [0.717, 1.165) is 36.8 Å². The highest BCUT2D eigenvalue weighted by Gasteiger charge is 2.29. The molecule has 1 aromatic rings. The van der Waals surface area contributed by atoms with Crippen LogP contribution in [-0.2, 0) is 6.42 Å². The zero-order chi connectivity index (χ0) is 13.8. The predicted molar refractivity (Wildman–Crippen MR) is 79.8 cm³/mol. The Labute approximate surface area is 120 Å². The van der Waals surface area contributed by atoms with Gasteiger partial charge in [-0.25, -0.2) is 9.97 Å². The van der Waals surface area contributed by atoms with Crippen LogP contribution in [0.4, 0.5) is 5.82 Å². The summed E-state index contributed by atoms with van der Waals surface area (Å²) < 4.78 is 0. The van der Waals surface area contributed by atoms with Gasteiger partial charge in [0.05, 0.1) is 0 Å². The van der Waals surface area contributed by atoms with E-state index in [4.69, 9.17) is 11.6 Å². The van der Waals surface area contributed by atoms with Gasteiger partial charge in [-0.05, 0) is 33.2 Å². The summed E-state index contributed by atoms with van der Waals surface area (Å²) in [6.07, 6.45) is 6.15. The second kappa shape index (κ2) is 6.53.